The predicted octanol–water partition coefficient (Wildman–Crippen LogP) is 4.38. The minimum Gasteiger partial charge on any atom is -0.143 e. The van der Waals surface area contributed by atoms with Crippen LogP contribution in [0.5, 0.6) is 0 Å². The maximum atomic E-state index is 6.50. The van der Waals surface area contributed by atoms with Crippen molar-refractivity contribution in [1.29, 1.82) is 0 Å². The van der Waals surface area contributed by atoms with Gasteiger partial charge in [0, 0.05) is 5.92 Å². The van der Waals surface area contributed by atoms with Crippen molar-refractivity contribution in [1.82, 2.24) is 10.2 Å². The van der Waals surface area contributed by atoms with Crippen LogP contribution in [0.4, 0.5) is 0 Å². The van der Waals surface area contributed by atoms with E-state index in [-0.39, 0.29) is 5.38 Å². The summed E-state index contributed by atoms with van der Waals surface area (Å²) < 4.78 is 0. The van der Waals surface area contributed by atoms with Gasteiger partial charge in [-0.3, -0.25) is 0 Å². The van der Waals surface area contributed by atoms with Gasteiger partial charge in [0.15, 0.2) is 0 Å². The van der Waals surface area contributed by atoms with Gasteiger partial charge in [-0.05, 0) is 30.2 Å². The van der Waals surface area contributed by atoms with Gasteiger partial charge < -0.3 is 0 Å². The van der Waals surface area contributed by atoms with Gasteiger partial charge in [-0.2, -0.15) is 0 Å². The highest BCUT2D eigenvalue weighted by Crippen LogP contribution is 2.63. The summed E-state index contributed by atoms with van der Waals surface area (Å²) >= 11 is 8.21. The highest BCUT2D eigenvalue weighted by molar-refractivity contribution is 7.11. The molecule has 0 radical (unpaired) electrons. The van der Waals surface area contributed by atoms with Crippen molar-refractivity contribution < 1.29 is 0 Å². The Bertz CT molecular complexity index is 573. The maximum Gasteiger partial charge on any atom is 0.139 e. The van der Waals surface area contributed by atoms with Gasteiger partial charge in [-0.15, -0.1) is 21.8 Å². The summed E-state index contributed by atoms with van der Waals surface area (Å²) in [6, 6.07) is 10.1. The van der Waals surface area contributed by atoms with Crippen molar-refractivity contribution in [2.24, 2.45) is 11.8 Å². The molecule has 19 heavy (non-hydrogen) atoms. The molecule has 4 rings (SSSR count). The van der Waals surface area contributed by atoms with Crippen molar-refractivity contribution in [2.75, 3.05) is 0 Å². The van der Waals surface area contributed by atoms with Gasteiger partial charge in [0.2, 0.25) is 0 Å². The number of hydrogen-bond acceptors (Lipinski definition) is 3. The predicted molar refractivity (Wildman–Crippen MR) is 77.6 cm³/mol. The maximum absolute atomic E-state index is 6.50. The van der Waals surface area contributed by atoms with Crippen LogP contribution in [0, 0.1) is 11.8 Å². The highest BCUT2D eigenvalue weighted by atomic mass is 35.5. The molecule has 1 aromatic carbocycles. The molecule has 1 aromatic heterocycles. The molecule has 0 amide bonds. The lowest BCUT2D eigenvalue weighted by atomic mass is 10.1. The number of nitrogens with zero attached hydrogens (tertiary/aromatic N) is 2. The summed E-state index contributed by atoms with van der Waals surface area (Å²) in [4.78, 5) is 0. The number of alkyl halides is 1. The zero-order valence-electron chi connectivity index (χ0n) is 10.5. The van der Waals surface area contributed by atoms with Crippen LogP contribution in [-0.4, -0.2) is 10.2 Å². The first kappa shape index (κ1) is 11.9. The van der Waals surface area contributed by atoms with E-state index < -0.39 is 0 Å². The van der Waals surface area contributed by atoms with Crippen molar-refractivity contribution in [3.05, 3.63) is 45.9 Å². The Balaban J connectivity index is 1.55. The summed E-state index contributed by atoms with van der Waals surface area (Å²) in [6.07, 6.45) is 4.17. The molecule has 3 unspecified atom stereocenters. The molecule has 2 fully saturated rings. The second-order valence-electron chi connectivity index (χ2n) is 5.54. The monoisotopic (exact) mass is 290 g/mol. The molecule has 3 atom stereocenters. The summed E-state index contributed by atoms with van der Waals surface area (Å²) in [7, 11) is 0. The molecule has 0 spiro atoms. The van der Waals surface area contributed by atoms with E-state index in [0.717, 1.165) is 22.4 Å². The SMILES string of the molecule is ClC(c1ccccc1)c1nnc(C2C3CCCC32)s1. The first-order valence-electron chi connectivity index (χ1n) is 6.87. The van der Waals surface area contributed by atoms with E-state index in [1.807, 2.05) is 30.3 Å². The van der Waals surface area contributed by atoms with Gasteiger partial charge in [-0.25, -0.2) is 0 Å². The fourth-order valence-corrected chi connectivity index (χ4v) is 4.86. The Morgan fingerprint density at radius 3 is 2.58 bits per heavy atom. The highest BCUT2D eigenvalue weighted by Gasteiger charge is 2.54. The molecule has 2 nitrogen and oxygen atoms in total. The van der Waals surface area contributed by atoms with Gasteiger partial charge in [0.25, 0.3) is 0 Å². The number of halogens is 1. The Morgan fingerprint density at radius 1 is 1.11 bits per heavy atom. The van der Waals surface area contributed by atoms with E-state index in [1.165, 1.54) is 24.3 Å². The van der Waals surface area contributed by atoms with Crippen LogP contribution >= 0.6 is 22.9 Å². The van der Waals surface area contributed by atoms with Crippen LogP contribution in [0.1, 0.15) is 46.1 Å². The van der Waals surface area contributed by atoms with Crippen molar-refractivity contribution >= 4 is 22.9 Å². The second-order valence-corrected chi connectivity index (χ2v) is 7.01. The molecular formula is C15H15ClN2S. The Labute approximate surface area is 121 Å². The van der Waals surface area contributed by atoms with E-state index in [0.29, 0.717) is 5.92 Å². The summed E-state index contributed by atoms with van der Waals surface area (Å²) in [5.74, 6) is 2.48. The molecule has 2 aliphatic carbocycles. The lowest BCUT2D eigenvalue weighted by Gasteiger charge is -2.04. The van der Waals surface area contributed by atoms with Crippen LogP contribution in [0.15, 0.2) is 30.3 Å². The first-order chi connectivity index (χ1) is 9.34. The summed E-state index contributed by atoms with van der Waals surface area (Å²) in [5, 5.41) is 10.7. The zero-order chi connectivity index (χ0) is 12.8. The van der Waals surface area contributed by atoms with Crippen molar-refractivity contribution in [2.45, 2.75) is 30.6 Å². The van der Waals surface area contributed by atoms with E-state index in [1.54, 1.807) is 11.3 Å². The van der Waals surface area contributed by atoms with Gasteiger partial charge >= 0.3 is 0 Å². The lowest BCUT2D eigenvalue weighted by Crippen LogP contribution is -1.91. The van der Waals surface area contributed by atoms with Crippen LogP contribution in [0.25, 0.3) is 0 Å². The zero-order valence-corrected chi connectivity index (χ0v) is 12.1. The molecule has 2 saturated carbocycles. The third-order valence-electron chi connectivity index (χ3n) is 4.46. The number of rotatable bonds is 3. The molecule has 0 saturated heterocycles. The molecule has 2 aliphatic rings. The van der Waals surface area contributed by atoms with Gasteiger partial charge in [-0.1, -0.05) is 48.1 Å². The normalized spacial score (nSPS) is 30.1. The van der Waals surface area contributed by atoms with Gasteiger partial charge in [0.05, 0.1) is 0 Å². The van der Waals surface area contributed by atoms with E-state index >= 15 is 0 Å². The minimum absolute atomic E-state index is 0.161. The molecule has 4 heteroatoms. The fourth-order valence-electron chi connectivity index (χ4n) is 3.44. The van der Waals surface area contributed by atoms with Crippen LogP contribution < -0.4 is 0 Å². The summed E-state index contributed by atoms with van der Waals surface area (Å²) in [5.41, 5.74) is 1.10. The molecule has 98 valence electrons. The number of hydrogen-bond donors (Lipinski definition) is 0. The molecule has 0 N–H and O–H groups in total. The van der Waals surface area contributed by atoms with Crippen LogP contribution in [0.2, 0.25) is 0 Å². The third kappa shape index (κ3) is 2.00. The molecular weight excluding hydrogens is 276 g/mol. The molecule has 2 aromatic rings. The quantitative estimate of drug-likeness (QED) is 0.784. The Hall–Kier alpha value is -0.930. The average molecular weight is 291 g/mol. The minimum atomic E-state index is -0.161. The first-order valence-corrected chi connectivity index (χ1v) is 8.12. The second kappa shape index (κ2) is 4.57. The van der Waals surface area contributed by atoms with Crippen molar-refractivity contribution in [3.63, 3.8) is 0 Å². The van der Waals surface area contributed by atoms with E-state index in [2.05, 4.69) is 10.2 Å². The largest absolute Gasteiger partial charge is 0.143 e. The Morgan fingerprint density at radius 2 is 1.84 bits per heavy atom. The van der Waals surface area contributed by atoms with Crippen LogP contribution in [-0.2, 0) is 0 Å². The Kier molecular flexibility index (Phi) is 2.85. The lowest BCUT2D eigenvalue weighted by molar-refractivity contribution is 0.674. The summed E-state index contributed by atoms with van der Waals surface area (Å²) in [6.45, 7) is 0. The number of aromatic nitrogens is 2. The standard InChI is InChI=1S/C15H15ClN2S/c16-13(9-5-2-1-3-6-9)15-18-17-14(19-15)12-10-7-4-8-11(10)12/h1-3,5-6,10-13H,4,7-8H2. The average Bonchev–Trinajstić information content (AvgIpc) is 2.90. The van der Waals surface area contributed by atoms with Gasteiger partial charge in [0.1, 0.15) is 15.4 Å². The molecule has 0 aliphatic heterocycles. The topological polar surface area (TPSA) is 25.8 Å². The number of benzene rings is 1. The molecule has 0 bridgehead atoms. The van der Waals surface area contributed by atoms with E-state index in [9.17, 15) is 0 Å². The molecule has 1 heterocycles. The number of fused-ring (bicyclic) bond motifs is 1. The van der Waals surface area contributed by atoms with Crippen LogP contribution in [0.3, 0.4) is 0 Å². The van der Waals surface area contributed by atoms with Crippen molar-refractivity contribution in [3.8, 4) is 0 Å². The third-order valence-corrected chi connectivity index (χ3v) is 6.13. The van der Waals surface area contributed by atoms with E-state index in [4.69, 9.17) is 11.6 Å². The smallest absolute Gasteiger partial charge is 0.139 e. The fraction of sp³-hybridized carbons (Fsp3) is 0.467.